The molecule has 1 heterocycles. The number of thioether (sulfide) groups is 2. The summed E-state index contributed by atoms with van der Waals surface area (Å²) in [5.41, 5.74) is 5.87. The van der Waals surface area contributed by atoms with Crippen LogP contribution in [-0.2, 0) is 4.79 Å². The third-order valence-corrected chi connectivity index (χ3v) is 4.28. The average Bonchev–Trinajstić information content (AvgIpc) is 2.24. The highest BCUT2D eigenvalue weighted by atomic mass is 32.2. The monoisotopic (exact) mass is 248 g/mol. The van der Waals surface area contributed by atoms with E-state index in [4.69, 9.17) is 5.73 Å². The molecule has 3 nitrogen and oxygen atoms in total. The predicted octanol–water partition coefficient (Wildman–Crippen LogP) is 1.03. The van der Waals surface area contributed by atoms with Gasteiger partial charge in [0.2, 0.25) is 5.91 Å². The third kappa shape index (κ3) is 4.25. The average molecular weight is 248 g/mol. The summed E-state index contributed by atoms with van der Waals surface area (Å²) >= 11 is 3.67. The van der Waals surface area contributed by atoms with Crippen LogP contribution in [0.25, 0.3) is 0 Å². The van der Waals surface area contributed by atoms with Gasteiger partial charge in [-0.05, 0) is 18.4 Å². The Bertz CT molecular complexity index is 214. The molecule has 15 heavy (non-hydrogen) atoms. The number of amides is 1. The van der Waals surface area contributed by atoms with Crippen molar-refractivity contribution in [3.8, 4) is 0 Å². The summed E-state index contributed by atoms with van der Waals surface area (Å²) in [7, 11) is 0. The summed E-state index contributed by atoms with van der Waals surface area (Å²) in [5, 5.41) is 0.551. The second-order valence-electron chi connectivity index (χ2n) is 3.85. The van der Waals surface area contributed by atoms with Crippen LogP contribution in [0.5, 0.6) is 0 Å². The van der Waals surface area contributed by atoms with Crippen molar-refractivity contribution in [2.75, 3.05) is 30.9 Å². The van der Waals surface area contributed by atoms with Crippen LogP contribution < -0.4 is 5.73 Å². The molecule has 0 aliphatic carbocycles. The zero-order valence-corrected chi connectivity index (χ0v) is 11.1. The molecule has 0 aromatic carbocycles. The number of hydrogen-bond acceptors (Lipinski definition) is 4. The summed E-state index contributed by atoms with van der Waals surface area (Å²) in [5.74, 6) is 2.14. The predicted molar refractivity (Wildman–Crippen MR) is 69.5 cm³/mol. The minimum absolute atomic E-state index is 0.135. The standard InChI is InChI=1S/C10H20N2OS2/c1-8-7-12(4-6-15-8)10(13)9(11)3-5-14-2/h8-9H,3-7,11H2,1-2H3/t8?,9-/m1/s1. The smallest absolute Gasteiger partial charge is 0.239 e. The van der Waals surface area contributed by atoms with Crippen molar-refractivity contribution in [2.45, 2.75) is 24.6 Å². The van der Waals surface area contributed by atoms with Crippen molar-refractivity contribution < 1.29 is 4.79 Å². The fraction of sp³-hybridized carbons (Fsp3) is 0.900. The van der Waals surface area contributed by atoms with Gasteiger partial charge >= 0.3 is 0 Å². The first-order valence-corrected chi connectivity index (χ1v) is 7.74. The lowest BCUT2D eigenvalue weighted by atomic mass is 10.2. The van der Waals surface area contributed by atoms with Crippen LogP contribution in [0.2, 0.25) is 0 Å². The Morgan fingerprint density at radius 1 is 1.73 bits per heavy atom. The van der Waals surface area contributed by atoms with Crippen LogP contribution in [0.4, 0.5) is 0 Å². The van der Waals surface area contributed by atoms with Crippen LogP contribution in [0, 0.1) is 0 Å². The normalized spacial score (nSPS) is 23.9. The lowest BCUT2D eigenvalue weighted by molar-refractivity contribution is -0.132. The number of carbonyl (C=O) groups is 1. The lowest BCUT2D eigenvalue weighted by Crippen LogP contribution is -2.48. The first-order valence-electron chi connectivity index (χ1n) is 5.30. The minimum atomic E-state index is -0.298. The van der Waals surface area contributed by atoms with Crippen molar-refractivity contribution in [2.24, 2.45) is 5.73 Å². The molecule has 0 aromatic heterocycles. The number of carbonyl (C=O) groups excluding carboxylic acids is 1. The second-order valence-corrected chi connectivity index (χ2v) is 6.39. The first kappa shape index (κ1) is 13.2. The Balaban J connectivity index is 2.37. The Morgan fingerprint density at radius 3 is 3.07 bits per heavy atom. The molecule has 1 unspecified atom stereocenters. The van der Waals surface area contributed by atoms with E-state index in [1.54, 1.807) is 11.8 Å². The zero-order chi connectivity index (χ0) is 11.3. The molecule has 1 rings (SSSR count). The van der Waals surface area contributed by atoms with Crippen LogP contribution >= 0.6 is 23.5 Å². The number of nitrogens with two attached hydrogens (primary N) is 1. The topological polar surface area (TPSA) is 46.3 Å². The number of hydrogen-bond donors (Lipinski definition) is 1. The van der Waals surface area contributed by atoms with Crippen molar-refractivity contribution >= 4 is 29.4 Å². The highest BCUT2D eigenvalue weighted by Gasteiger charge is 2.24. The van der Waals surface area contributed by atoms with E-state index in [9.17, 15) is 4.79 Å². The minimum Gasteiger partial charge on any atom is -0.339 e. The second kappa shape index (κ2) is 6.66. The van der Waals surface area contributed by atoms with Crippen LogP contribution in [0.3, 0.4) is 0 Å². The van der Waals surface area contributed by atoms with E-state index in [1.165, 1.54) is 0 Å². The molecule has 1 aliphatic rings. The zero-order valence-electron chi connectivity index (χ0n) is 9.44. The fourth-order valence-electron chi connectivity index (χ4n) is 1.62. The molecule has 2 N–H and O–H groups in total. The van der Waals surface area contributed by atoms with E-state index in [0.717, 1.165) is 31.0 Å². The Kier molecular flexibility index (Phi) is 5.86. The van der Waals surface area contributed by atoms with Crippen LogP contribution in [0.1, 0.15) is 13.3 Å². The maximum Gasteiger partial charge on any atom is 0.239 e. The molecular formula is C10H20N2OS2. The molecule has 1 amide bonds. The van der Waals surface area contributed by atoms with Crippen LogP contribution in [-0.4, -0.2) is 52.9 Å². The van der Waals surface area contributed by atoms with Gasteiger partial charge in [-0.15, -0.1) is 0 Å². The molecule has 0 radical (unpaired) electrons. The SMILES string of the molecule is CSCC[C@@H](N)C(=O)N1CCSC(C)C1. The molecule has 0 spiro atoms. The molecule has 1 saturated heterocycles. The number of rotatable bonds is 4. The Labute approximate surface area is 101 Å². The van der Waals surface area contributed by atoms with Gasteiger partial charge in [0, 0.05) is 24.1 Å². The summed E-state index contributed by atoms with van der Waals surface area (Å²) in [6.45, 7) is 3.88. The van der Waals surface area contributed by atoms with Gasteiger partial charge in [0.05, 0.1) is 6.04 Å². The molecule has 0 saturated carbocycles. The van der Waals surface area contributed by atoms with E-state index in [1.807, 2.05) is 22.9 Å². The van der Waals surface area contributed by atoms with Gasteiger partial charge < -0.3 is 10.6 Å². The summed E-state index contributed by atoms with van der Waals surface area (Å²) < 4.78 is 0. The highest BCUT2D eigenvalue weighted by molar-refractivity contribution is 8.00. The molecule has 0 aromatic rings. The molecule has 5 heteroatoms. The molecular weight excluding hydrogens is 228 g/mol. The third-order valence-electron chi connectivity index (χ3n) is 2.50. The lowest BCUT2D eigenvalue weighted by Gasteiger charge is -2.32. The Morgan fingerprint density at radius 2 is 2.47 bits per heavy atom. The van der Waals surface area contributed by atoms with Crippen LogP contribution in [0.15, 0.2) is 0 Å². The van der Waals surface area contributed by atoms with Gasteiger partial charge in [0.1, 0.15) is 0 Å². The summed E-state index contributed by atoms with van der Waals surface area (Å²) in [6.07, 6.45) is 2.83. The van der Waals surface area contributed by atoms with E-state index in [2.05, 4.69) is 6.92 Å². The molecule has 2 atom stereocenters. The van der Waals surface area contributed by atoms with Gasteiger partial charge in [-0.1, -0.05) is 6.92 Å². The van der Waals surface area contributed by atoms with E-state index < -0.39 is 0 Å². The van der Waals surface area contributed by atoms with E-state index in [-0.39, 0.29) is 11.9 Å². The van der Waals surface area contributed by atoms with Crippen molar-refractivity contribution in [1.29, 1.82) is 0 Å². The Hall–Kier alpha value is 0.130. The maximum absolute atomic E-state index is 11.9. The van der Waals surface area contributed by atoms with E-state index in [0.29, 0.717) is 5.25 Å². The molecule has 1 fully saturated rings. The van der Waals surface area contributed by atoms with Gasteiger partial charge in [0.25, 0.3) is 0 Å². The van der Waals surface area contributed by atoms with Crippen molar-refractivity contribution in [3.05, 3.63) is 0 Å². The molecule has 1 aliphatic heterocycles. The maximum atomic E-state index is 11.9. The molecule has 88 valence electrons. The largest absolute Gasteiger partial charge is 0.339 e. The highest BCUT2D eigenvalue weighted by Crippen LogP contribution is 2.18. The fourth-order valence-corrected chi connectivity index (χ4v) is 3.12. The van der Waals surface area contributed by atoms with Gasteiger partial charge in [-0.25, -0.2) is 0 Å². The van der Waals surface area contributed by atoms with Gasteiger partial charge in [-0.3, -0.25) is 4.79 Å². The summed E-state index contributed by atoms with van der Waals surface area (Å²) in [6, 6.07) is -0.298. The van der Waals surface area contributed by atoms with Crippen molar-refractivity contribution in [3.63, 3.8) is 0 Å². The van der Waals surface area contributed by atoms with Gasteiger partial charge in [0.15, 0.2) is 0 Å². The number of nitrogens with zero attached hydrogens (tertiary/aromatic N) is 1. The summed E-state index contributed by atoms with van der Waals surface area (Å²) in [4.78, 5) is 13.9. The van der Waals surface area contributed by atoms with Gasteiger partial charge in [-0.2, -0.15) is 23.5 Å². The molecule has 0 bridgehead atoms. The first-order chi connectivity index (χ1) is 7.15. The van der Waals surface area contributed by atoms with E-state index >= 15 is 0 Å². The van der Waals surface area contributed by atoms with Crippen molar-refractivity contribution in [1.82, 2.24) is 4.90 Å². The quantitative estimate of drug-likeness (QED) is 0.807.